The highest BCUT2D eigenvalue weighted by Crippen LogP contribution is 2.35. The van der Waals surface area contributed by atoms with E-state index in [1.807, 2.05) is 30.0 Å². The molecular weight excluding hydrogens is 286 g/mol. The summed E-state index contributed by atoms with van der Waals surface area (Å²) in [7, 11) is 1.43. The molecule has 0 saturated heterocycles. The molecule has 1 saturated carbocycles. The average Bonchev–Trinajstić information content (AvgIpc) is 3.02. The van der Waals surface area contributed by atoms with Crippen molar-refractivity contribution in [2.24, 2.45) is 0 Å². The van der Waals surface area contributed by atoms with Crippen molar-refractivity contribution in [1.82, 2.24) is 14.9 Å². The lowest BCUT2D eigenvalue weighted by molar-refractivity contribution is -0.141. The zero-order valence-corrected chi connectivity index (χ0v) is 12.8. The Morgan fingerprint density at radius 2 is 2.48 bits per heavy atom. The minimum Gasteiger partial charge on any atom is -0.469 e. The van der Waals surface area contributed by atoms with Crippen LogP contribution in [0.4, 0.5) is 0 Å². The fourth-order valence-electron chi connectivity index (χ4n) is 2.39. The maximum Gasteiger partial charge on any atom is 0.307 e. The summed E-state index contributed by atoms with van der Waals surface area (Å²) in [5.41, 5.74) is 1.17. The second-order valence-corrected chi connectivity index (χ2v) is 6.23. The standard InChI is InChI=1S/C15H19N3O2S/c1-20-15(19)7-13(14-3-2-6-21-14)17-9-12-8-16-10-18(12)11-4-5-11/h2-3,6,8,10-11,13,17H,4-5,7,9H2,1H3. The van der Waals surface area contributed by atoms with Gasteiger partial charge in [0.25, 0.3) is 0 Å². The van der Waals surface area contributed by atoms with Gasteiger partial charge < -0.3 is 14.6 Å². The molecule has 5 nitrogen and oxygen atoms in total. The molecule has 1 unspecified atom stereocenters. The maximum atomic E-state index is 11.6. The number of nitrogens with one attached hydrogen (secondary N) is 1. The Kier molecular flexibility index (Phi) is 4.36. The molecule has 1 aliphatic carbocycles. The normalized spacial score (nSPS) is 15.9. The van der Waals surface area contributed by atoms with Crippen molar-refractivity contribution < 1.29 is 9.53 Å². The topological polar surface area (TPSA) is 56.1 Å². The molecule has 0 aromatic carbocycles. The molecule has 1 aliphatic rings. The molecule has 1 fully saturated rings. The summed E-state index contributed by atoms with van der Waals surface area (Å²) in [5.74, 6) is -0.198. The van der Waals surface area contributed by atoms with Crippen molar-refractivity contribution in [3.05, 3.63) is 40.6 Å². The second kappa shape index (κ2) is 6.41. The van der Waals surface area contributed by atoms with Gasteiger partial charge in [0.05, 0.1) is 31.6 Å². The van der Waals surface area contributed by atoms with Crippen molar-refractivity contribution >= 4 is 17.3 Å². The van der Waals surface area contributed by atoms with E-state index in [2.05, 4.69) is 14.9 Å². The molecule has 3 rings (SSSR count). The molecule has 1 N–H and O–H groups in total. The number of carbonyl (C=O) groups is 1. The van der Waals surface area contributed by atoms with Crippen molar-refractivity contribution in [2.75, 3.05) is 7.11 Å². The maximum absolute atomic E-state index is 11.6. The van der Waals surface area contributed by atoms with Crippen LogP contribution in [0.15, 0.2) is 30.0 Å². The molecule has 0 aliphatic heterocycles. The number of ether oxygens (including phenoxy) is 1. The van der Waals surface area contributed by atoms with Crippen molar-refractivity contribution in [2.45, 2.75) is 37.9 Å². The molecule has 6 heteroatoms. The van der Waals surface area contributed by atoms with Crippen LogP contribution in [0.2, 0.25) is 0 Å². The van der Waals surface area contributed by atoms with Gasteiger partial charge in [-0.1, -0.05) is 6.07 Å². The Bertz CT molecular complexity index is 590. The Labute approximate surface area is 128 Å². The predicted octanol–water partition coefficient (Wildman–Crippen LogP) is 2.67. The van der Waals surface area contributed by atoms with Gasteiger partial charge in [0, 0.05) is 23.7 Å². The Morgan fingerprint density at radius 1 is 1.62 bits per heavy atom. The van der Waals surface area contributed by atoms with Gasteiger partial charge in [-0.2, -0.15) is 0 Å². The van der Waals surface area contributed by atoms with E-state index in [1.54, 1.807) is 11.3 Å². The zero-order valence-electron chi connectivity index (χ0n) is 12.0. The lowest BCUT2D eigenvalue weighted by atomic mass is 10.1. The highest BCUT2D eigenvalue weighted by molar-refractivity contribution is 7.10. The third-order valence-electron chi connectivity index (χ3n) is 3.70. The van der Waals surface area contributed by atoms with E-state index in [4.69, 9.17) is 4.74 Å². The van der Waals surface area contributed by atoms with Crippen LogP contribution in [0.25, 0.3) is 0 Å². The number of rotatable bonds is 7. The van der Waals surface area contributed by atoms with Crippen molar-refractivity contribution in [3.8, 4) is 0 Å². The fraction of sp³-hybridized carbons (Fsp3) is 0.467. The van der Waals surface area contributed by atoms with Crippen LogP contribution in [0.5, 0.6) is 0 Å². The first-order valence-electron chi connectivity index (χ1n) is 7.12. The largest absolute Gasteiger partial charge is 0.469 e. The highest BCUT2D eigenvalue weighted by Gasteiger charge is 2.25. The predicted molar refractivity (Wildman–Crippen MR) is 81.0 cm³/mol. The van der Waals surface area contributed by atoms with Crippen LogP contribution < -0.4 is 5.32 Å². The van der Waals surface area contributed by atoms with Crippen LogP contribution in [-0.2, 0) is 16.1 Å². The minimum atomic E-state index is -0.198. The van der Waals surface area contributed by atoms with Gasteiger partial charge in [-0.25, -0.2) is 4.98 Å². The monoisotopic (exact) mass is 305 g/mol. The SMILES string of the molecule is COC(=O)CC(NCc1cncn1C1CC1)c1cccs1. The Balaban J connectivity index is 1.66. The van der Waals surface area contributed by atoms with Crippen molar-refractivity contribution in [3.63, 3.8) is 0 Å². The van der Waals surface area contributed by atoms with E-state index in [9.17, 15) is 4.79 Å². The molecule has 2 aromatic rings. The number of carbonyl (C=O) groups excluding carboxylic acids is 1. The molecule has 0 spiro atoms. The smallest absolute Gasteiger partial charge is 0.307 e. The number of esters is 1. The van der Waals surface area contributed by atoms with Gasteiger partial charge in [0.15, 0.2) is 0 Å². The summed E-state index contributed by atoms with van der Waals surface area (Å²) < 4.78 is 7.03. The van der Waals surface area contributed by atoms with Crippen molar-refractivity contribution in [1.29, 1.82) is 0 Å². The summed E-state index contributed by atoms with van der Waals surface area (Å²) in [6.45, 7) is 0.704. The zero-order chi connectivity index (χ0) is 14.7. The average molecular weight is 305 g/mol. The molecule has 1 atom stereocenters. The molecule has 0 bridgehead atoms. The van der Waals surface area contributed by atoms with Gasteiger partial charge >= 0.3 is 5.97 Å². The van der Waals surface area contributed by atoms with Crippen LogP contribution >= 0.6 is 11.3 Å². The van der Waals surface area contributed by atoms with Gasteiger partial charge in [0.2, 0.25) is 0 Å². The van der Waals surface area contributed by atoms with E-state index >= 15 is 0 Å². The quantitative estimate of drug-likeness (QED) is 0.799. The number of imidazole rings is 1. The van der Waals surface area contributed by atoms with Crippen LogP contribution in [0, 0.1) is 0 Å². The van der Waals surface area contributed by atoms with E-state index in [0.29, 0.717) is 19.0 Å². The fourth-order valence-corrected chi connectivity index (χ4v) is 3.19. The molecule has 21 heavy (non-hydrogen) atoms. The number of hydrogen-bond donors (Lipinski definition) is 1. The van der Waals surface area contributed by atoms with E-state index < -0.39 is 0 Å². The molecule has 112 valence electrons. The first-order chi connectivity index (χ1) is 10.3. The Morgan fingerprint density at radius 3 is 3.14 bits per heavy atom. The molecule has 2 heterocycles. The first-order valence-corrected chi connectivity index (χ1v) is 8.00. The Hall–Kier alpha value is -1.66. The van der Waals surface area contributed by atoms with Crippen LogP contribution in [0.3, 0.4) is 0 Å². The summed E-state index contributed by atoms with van der Waals surface area (Å²) in [4.78, 5) is 17.0. The molecular formula is C15H19N3O2S. The molecule has 2 aromatic heterocycles. The number of aromatic nitrogens is 2. The first kappa shape index (κ1) is 14.3. The van der Waals surface area contributed by atoms with Gasteiger partial charge in [-0.3, -0.25) is 4.79 Å². The van der Waals surface area contributed by atoms with Crippen LogP contribution in [-0.4, -0.2) is 22.6 Å². The van der Waals surface area contributed by atoms with Gasteiger partial charge in [-0.15, -0.1) is 11.3 Å². The number of nitrogens with zero attached hydrogens (tertiary/aromatic N) is 2. The van der Waals surface area contributed by atoms with E-state index in [1.165, 1.54) is 25.6 Å². The lowest BCUT2D eigenvalue weighted by Gasteiger charge is -2.17. The summed E-state index contributed by atoms with van der Waals surface area (Å²) in [5, 5.41) is 5.49. The van der Waals surface area contributed by atoms with Gasteiger partial charge in [0.1, 0.15) is 0 Å². The van der Waals surface area contributed by atoms with Crippen LogP contribution in [0.1, 0.15) is 41.9 Å². The van der Waals surface area contributed by atoms with E-state index in [0.717, 1.165) is 4.88 Å². The minimum absolute atomic E-state index is 0.0139. The summed E-state index contributed by atoms with van der Waals surface area (Å²) in [6, 6.07) is 4.65. The molecule has 0 amide bonds. The third-order valence-corrected chi connectivity index (χ3v) is 4.69. The number of methoxy groups -OCH3 is 1. The second-order valence-electron chi connectivity index (χ2n) is 5.25. The molecule has 0 radical (unpaired) electrons. The number of thiophene rings is 1. The summed E-state index contributed by atoms with van der Waals surface area (Å²) >= 11 is 1.65. The van der Waals surface area contributed by atoms with Gasteiger partial charge in [-0.05, 0) is 24.3 Å². The highest BCUT2D eigenvalue weighted by atomic mass is 32.1. The summed E-state index contributed by atoms with van der Waals surface area (Å²) in [6.07, 6.45) is 6.61. The lowest BCUT2D eigenvalue weighted by Crippen LogP contribution is -2.24. The third kappa shape index (κ3) is 3.51. The van der Waals surface area contributed by atoms with E-state index in [-0.39, 0.29) is 12.0 Å². The number of hydrogen-bond acceptors (Lipinski definition) is 5.